The number of alkyl halides is 2. The molecule has 3 N–H and O–H groups in total. The SMILES string of the molecule is CC(C)(C)NC(N)=NCC1CC(F)(F)C1.I. The minimum absolute atomic E-state index is 0. The highest BCUT2D eigenvalue weighted by atomic mass is 127. The van der Waals surface area contributed by atoms with Crippen molar-refractivity contribution in [2.75, 3.05) is 6.54 Å². The number of halogens is 3. The molecule has 1 fully saturated rings. The quantitative estimate of drug-likeness (QED) is 0.458. The van der Waals surface area contributed by atoms with Crippen molar-refractivity contribution >= 4 is 29.9 Å². The minimum Gasteiger partial charge on any atom is -0.370 e. The lowest BCUT2D eigenvalue weighted by molar-refractivity contribution is -0.107. The lowest BCUT2D eigenvalue weighted by Gasteiger charge is -2.34. The number of nitrogens with zero attached hydrogens (tertiary/aromatic N) is 1. The molecule has 0 spiro atoms. The molecule has 0 unspecified atom stereocenters. The molecular weight excluding hydrogens is 327 g/mol. The van der Waals surface area contributed by atoms with Crippen LogP contribution in [0.4, 0.5) is 8.78 Å². The van der Waals surface area contributed by atoms with Crippen molar-refractivity contribution in [3.05, 3.63) is 0 Å². The lowest BCUT2D eigenvalue weighted by atomic mass is 9.81. The largest absolute Gasteiger partial charge is 0.370 e. The zero-order valence-corrected chi connectivity index (χ0v) is 12.2. The summed E-state index contributed by atoms with van der Waals surface area (Å²) in [6, 6.07) is 0. The van der Waals surface area contributed by atoms with Crippen LogP contribution in [0.15, 0.2) is 4.99 Å². The number of nitrogens with two attached hydrogens (primary N) is 1. The van der Waals surface area contributed by atoms with E-state index >= 15 is 0 Å². The Labute approximate surface area is 112 Å². The Hall–Kier alpha value is -0.140. The van der Waals surface area contributed by atoms with Crippen LogP contribution in [0.5, 0.6) is 0 Å². The number of rotatable bonds is 2. The van der Waals surface area contributed by atoms with Gasteiger partial charge in [0.25, 0.3) is 0 Å². The van der Waals surface area contributed by atoms with Gasteiger partial charge in [0.2, 0.25) is 5.92 Å². The zero-order valence-electron chi connectivity index (χ0n) is 9.89. The maximum absolute atomic E-state index is 12.5. The van der Waals surface area contributed by atoms with E-state index in [1.54, 1.807) is 0 Å². The lowest BCUT2D eigenvalue weighted by Crippen LogP contribution is -2.45. The minimum atomic E-state index is -2.47. The van der Waals surface area contributed by atoms with Crippen molar-refractivity contribution in [2.24, 2.45) is 16.6 Å². The fourth-order valence-electron chi connectivity index (χ4n) is 1.57. The van der Waals surface area contributed by atoms with Gasteiger partial charge >= 0.3 is 0 Å². The Balaban J connectivity index is 0.00000225. The van der Waals surface area contributed by atoms with Crippen LogP contribution in [0.25, 0.3) is 0 Å². The molecule has 0 heterocycles. The molecule has 1 aliphatic rings. The summed E-state index contributed by atoms with van der Waals surface area (Å²) < 4.78 is 25.0. The molecule has 0 saturated heterocycles. The van der Waals surface area contributed by atoms with Crippen LogP contribution in [0, 0.1) is 5.92 Å². The van der Waals surface area contributed by atoms with Gasteiger partial charge in [0, 0.05) is 24.9 Å². The van der Waals surface area contributed by atoms with E-state index in [1.807, 2.05) is 20.8 Å². The molecule has 0 aromatic heterocycles. The summed E-state index contributed by atoms with van der Waals surface area (Å²) in [7, 11) is 0. The second kappa shape index (κ2) is 5.46. The van der Waals surface area contributed by atoms with E-state index in [4.69, 9.17) is 5.73 Å². The van der Waals surface area contributed by atoms with Gasteiger partial charge in [-0.3, -0.25) is 4.99 Å². The van der Waals surface area contributed by atoms with Gasteiger partial charge in [0.05, 0.1) is 0 Å². The number of aliphatic imine (C=N–C) groups is 1. The zero-order chi connectivity index (χ0) is 11.7. The Morgan fingerprint density at radius 2 is 1.94 bits per heavy atom. The van der Waals surface area contributed by atoms with Crippen molar-refractivity contribution in [1.82, 2.24) is 5.32 Å². The molecule has 3 nitrogen and oxygen atoms in total. The molecule has 0 amide bonds. The van der Waals surface area contributed by atoms with Gasteiger partial charge in [-0.25, -0.2) is 8.78 Å². The number of hydrogen-bond donors (Lipinski definition) is 2. The van der Waals surface area contributed by atoms with Gasteiger partial charge in [0.15, 0.2) is 5.96 Å². The Morgan fingerprint density at radius 1 is 1.44 bits per heavy atom. The number of nitrogens with one attached hydrogen (secondary N) is 1. The van der Waals surface area contributed by atoms with Gasteiger partial charge in [-0.15, -0.1) is 24.0 Å². The van der Waals surface area contributed by atoms with E-state index in [9.17, 15) is 8.78 Å². The van der Waals surface area contributed by atoms with E-state index < -0.39 is 5.92 Å². The van der Waals surface area contributed by atoms with Gasteiger partial charge < -0.3 is 11.1 Å². The predicted octanol–water partition coefficient (Wildman–Crippen LogP) is 2.35. The Morgan fingerprint density at radius 3 is 2.31 bits per heavy atom. The van der Waals surface area contributed by atoms with Crippen molar-refractivity contribution in [3.8, 4) is 0 Å². The maximum atomic E-state index is 12.5. The first-order valence-corrected chi connectivity index (χ1v) is 5.14. The molecule has 0 aliphatic heterocycles. The molecule has 0 radical (unpaired) electrons. The standard InChI is InChI=1S/C10H19F2N3.HI/c1-9(2,3)15-8(13)14-6-7-4-10(11,12)5-7;/h7H,4-6H2,1-3H3,(H3,13,14,15);1H. The van der Waals surface area contributed by atoms with E-state index in [-0.39, 0.29) is 48.3 Å². The third kappa shape index (κ3) is 5.81. The van der Waals surface area contributed by atoms with E-state index in [1.165, 1.54) is 0 Å². The van der Waals surface area contributed by atoms with Crippen LogP contribution in [-0.2, 0) is 0 Å². The highest BCUT2D eigenvalue weighted by Crippen LogP contribution is 2.42. The van der Waals surface area contributed by atoms with Gasteiger partial charge in [-0.05, 0) is 26.7 Å². The number of guanidine groups is 1. The van der Waals surface area contributed by atoms with Crippen LogP contribution in [0.1, 0.15) is 33.6 Å². The molecule has 0 aromatic rings. The highest BCUT2D eigenvalue weighted by molar-refractivity contribution is 14.0. The second-order valence-corrected chi connectivity index (χ2v) is 5.23. The molecule has 0 bridgehead atoms. The maximum Gasteiger partial charge on any atom is 0.248 e. The molecule has 6 heteroatoms. The average molecular weight is 347 g/mol. The van der Waals surface area contributed by atoms with E-state index in [2.05, 4.69) is 10.3 Å². The molecule has 1 saturated carbocycles. The summed E-state index contributed by atoms with van der Waals surface area (Å²) in [6.45, 7) is 6.29. The Bertz CT molecular complexity index is 253. The van der Waals surface area contributed by atoms with Gasteiger partial charge in [-0.1, -0.05) is 0 Å². The topological polar surface area (TPSA) is 50.4 Å². The van der Waals surface area contributed by atoms with Crippen LogP contribution in [0.2, 0.25) is 0 Å². The van der Waals surface area contributed by atoms with Crippen molar-refractivity contribution in [2.45, 2.75) is 45.1 Å². The highest BCUT2D eigenvalue weighted by Gasteiger charge is 2.44. The van der Waals surface area contributed by atoms with Crippen molar-refractivity contribution in [3.63, 3.8) is 0 Å². The molecular formula is C10H20F2IN3. The average Bonchev–Trinajstić information content (AvgIpc) is 1.93. The monoisotopic (exact) mass is 347 g/mol. The first-order valence-electron chi connectivity index (χ1n) is 5.14. The molecule has 96 valence electrons. The van der Waals surface area contributed by atoms with Gasteiger partial charge in [0.1, 0.15) is 0 Å². The molecule has 0 atom stereocenters. The molecule has 16 heavy (non-hydrogen) atoms. The first kappa shape index (κ1) is 15.9. The predicted molar refractivity (Wildman–Crippen MR) is 72.5 cm³/mol. The van der Waals surface area contributed by atoms with Crippen molar-refractivity contribution in [1.29, 1.82) is 0 Å². The van der Waals surface area contributed by atoms with Crippen molar-refractivity contribution < 1.29 is 8.78 Å². The number of hydrogen-bond acceptors (Lipinski definition) is 1. The molecule has 1 rings (SSSR count). The summed E-state index contributed by atoms with van der Waals surface area (Å²) in [5, 5.41) is 2.98. The fraction of sp³-hybridized carbons (Fsp3) is 0.900. The van der Waals surface area contributed by atoms with Crippen LogP contribution in [0.3, 0.4) is 0 Å². The Kier molecular flexibility index (Phi) is 5.41. The van der Waals surface area contributed by atoms with Crippen LogP contribution < -0.4 is 11.1 Å². The summed E-state index contributed by atoms with van der Waals surface area (Å²) in [5.41, 5.74) is 5.46. The molecule has 1 aliphatic carbocycles. The smallest absolute Gasteiger partial charge is 0.248 e. The summed E-state index contributed by atoms with van der Waals surface area (Å²) in [6.07, 6.45) is -0.113. The summed E-state index contributed by atoms with van der Waals surface area (Å²) in [5.74, 6) is -2.15. The third-order valence-corrected chi connectivity index (χ3v) is 2.20. The normalized spacial score (nSPS) is 20.9. The van der Waals surface area contributed by atoms with E-state index in [0.717, 1.165) is 0 Å². The second-order valence-electron chi connectivity index (χ2n) is 5.23. The fourth-order valence-corrected chi connectivity index (χ4v) is 1.57. The third-order valence-electron chi connectivity index (χ3n) is 2.20. The summed E-state index contributed by atoms with van der Waals surface area (Å²) in [4.78, 5) is 4.05. The van der Waals surface area contributed by atoms with Crippen LogP contribution in [-0.4, -0.2) is 24.0 Å². The van der Waals surface area contributed by atoms with E-state index in [0.29, 0.717) is 12.5 Å². The molecule has 0 aromatic carbocycles. The first-order chi connectivity index (χ1) is 6.68. The van der Waals surface area contributed by atoms with Crippen LogP contribution >= 0.6 is 24.0 Å². The van der Waals surface area contributed by atoms with Gasteiger partial charge in [-0.2, -0.15) is 0 Å². The summed E-state index contributed by atoms with van der Waals surface area (Å²) >= 11 is 0.